The van der Waals surface area contributed by atoms with E-state index in [0.29, 0.717) is 17.8 Å². The first kappa shape index (κ1) is 15.6. The molecule has 1 aliphatic rings. The van der Waals surface area contributed by atoms with Crippen molar-refractivity contribution in [3.05, 3.63) is 41.2 Å². The Morgan fingerprint density at radius 2 is 2.17 bits per heavy atom. The van der Waals surface area contributed by atoms with E-state index in [2.05, 4.69) is 20.4 Å². The Bertz CT molecular complexity index is 674. The fourth-order valence-electron chi connectivity index (χ4n) is 2.67. The van der Waals surface area contributed by atoms with Gasteiger partial charge in [-0.3, -0.25) is 9.48 Å². The van der Waals surface area contributed by atoms with Crippen molar-refractivity contribution in [2.24, 2.45) is 7.05 Å². The molecule has 0 radical (unpaired) electrons. The van der Waals surface area contributed by atoms with Gasteiger partial charge < -0.3 is 10.1 Å². The Morgan fingerprint density at radius 3 is 2.78 bits per heavy atom. The molecule has 0 spiro atoms. The third-order valence-corrected chi connectivity index (χ3v) is 3.90. The van der Waals surface area contributed by atoms with Crippen LogP contribution >= 0.6 is 0 Å². The first-order valence-electron chi connectivity index (χ1n) is 7.84. The summed E-state index contributed by atoms with van der Waals surface area (Å²) in [6, 6.07) is 0. The zero-order chi connectivity index (χ0) is 16.2. The molecule has 1 unspecified atom stereocenters. The fourth-order valence-corrected chi connectivity index (χ4v) is 2.67. The van der Waals surface area contributed by atoms with Gasteiger partial charge in [-0.05, 0) is 26.2 Å². The lowest BCUT2D eigenvalue weighted by molar-refractivity contribution is 0.00940. The minimum Gasteiger partial charge on any atom is -0.370 e. The smallest absolute Gasteiger partial charge is 0.255 e. The number of rotatable bonds is 4. The van der Waals surface area contributed by atoms with Crippen molar-refractivity contribution in [3.63, 3.8) is 0 Å². The van der Waals surface area contributed by atoms with Crippen molar-refractivity contribution in [1.29, 1.82) is 0 Å². The number of aromatic nitrogens is 4. The summed E-state index contributed by atoms with van der Waals surface area (Å²) in [6.07, 6.45) is 8.43. The van der Waals surface area contributed by atoms with Gasteiger partial charge in [0.05, 0.1) is 11.3 Å². The zero-order valence-electron chi connectivity index (χ0n) is 13.5. The molecule has 122 valence electrons. The van der Waals surface area contributed by atoms with Crippen LogP contribution in [0.15, 0.2) is 18.6 Å². The van der Waals surface area contributed by atoms with E-state index in [9.17, 15) is 4.79 Å². The molecule has 0 aromatic carbocycles. The van der Waals surface area contributed by atoms with Gasteiger partial charge in [0.15, 0.2) is 5.82 Å². The van der Waals surface area contributed by atoms with Gasteiger partial charge in [0.25, 0.3) is 5.91 Å². The molecule has 1 saturated heterocycles. The molecule has 1 N–H and O–H groups in total. The van der Waals surface area contributed by atoms with E-state index in [0.717, 1.165) is 37.3 Å². The van der Waals surface area contributed by atoms with E-state index in [-0.39, 0.29) is 12.0 Å². The predicted molar refractivity (Wildman–Crippen MR) is 83.7 cm³/mol. The molecule has 7 nitrogen and oxygen atoms in total. The van der Waals surface area contributed by atoms with Crippen molar-refractivity contribution in [1.82, 2.24) is 25.1 Å². The first-order chi connectivity index (χ1) is 11.1. The average Bonchev–Trinajstić information content (AvgIpc) is 2.92. The molecule has 0 saturated carbocycles. The van der Waals surface area contributed by atoms with Crippen molar-refractivity contribution in [3.8, 4) is 0 Å². The van der Waals surface area contributed by atoms with Crippen LogP contribution in [0.1, 0.15) is 52.8 Å². The van der Waals surface area contributed by atoms with Gasteiger partial charge in [-0.25, -0.2) is 9.97 Å². The number of hydrogen-bond donors (Lipinski definition) is 1. The van der Waals surface area contributed by atoms with Gasteiger partial charge in [-0.1, -0.05) is 0 Å². The quantitative estimate of drug-likeness (QED) is 0.928. The number of nitrogens with zero attached hydrogens (tertiary/aromatic N) is 4. The van der Waals surface area contributed by atoms with Crippen LogP contribution in [0.4, 0.5) is 0 Å². The average molecular weight is 315 g/mol. The largest absolute Gasteiger partial charge is 0.370 e. The van der Waals surface area contributed by atoms with Gasteiger partial charge in [0, 0.05) is 44.4 Å². The van der Waals surface area contributed by atoms with Crippen LogP contribution in [0.2, 0.25) is 0 Å². The second-order valence-electron chi connectivity index (χ2n) is 5.79. The maximum absolute atomic E-state index is 12.1. The van der Waals surface area contributed by atoms with Gasteiger partial charge in [0.1, 0.15) is 6.10 Å². The summed E-state index contributed by atoms with van der Waals surface area (Å²) in [5.41, 5.74) is 2.16. The molecule has 1 fully saturated rings. The standard InChI is InChI=1S/C16H21N5O2/c1-11-13(10-21(2)20-11)16(22)19-9-12-7-17-15(18-8-12)14-5-3-4-6-23-14/h7-8,10,14H,3-6,9H2,1-2H3,(H,19,22). The molecular weight excluding hydrogens is 294 g/mol. The van der Waals surface area contributed by atoms with Crippen LogP contribution in [-0.2, 0) is 18.3 Å². The van der Waals surface area contributed by atoms with Crippen molar-refractivity contribution >= 4 is 5.91 Å². The molecule has 1 amide bonds. The first-order valence-corrected chi connectivity index (χ1v) is 7.84. The van der Waals surface area contributed by atoms with Crippen LogP contribution in [-0.4, -0.2) is 32.3 Å². The Morgan fingerprint density at radius 1 is 1.39 bits per heavy atom. The third kappa shape index (κ3) is 3.73. The topological polar surface area (TPSA) is 81.9 Å². The molecule has 1 atom stereocenters. The third-order valence-electron chi connectivity index (χ3n) is 3.90. The maximum Gasteiger partial charge on any atom is 0.255 e. The lowest BCUT2D eigenvalue weighted by Gasteiger charge is -2.21. The van der Waals surface area contributed by atoms with E-state index in [1.807, 2.05) is 6.92 Å². The lowest BCUT2D eigenvalue weighted by Crippen LogP contribution is -2.23. The Hall–Kier alpha value is -2.28. The molecule has 3 rings (SSSR count). The van der Waals surface area contributed by atoms with E-state index < -0.39 is 0 Å². The van der Waals surface area contributed by atoms with E-state index in [1.165, 1.54) is 0 Å². The highest BCUT2D eigenvalue weighted by Gasteiger charge is 2.18. The fraction of sp³-hybridized carbons (Fsp3) is 0.500. The molecule has 3 heterocycles. The lowest BCUT2D eigenvalue weighted by atomic mass is 10.1. The summed E-state index contributed by atoms with van der Waals surface area (Å²) >= 11 is 0. The Labute approximate surface area is 135 Å². The number of carbonyl (C=O) groups excluding carboxylic acids is 1. The highest BCUT2D eigenvalue weighted by Crippen LogP contribution is 2.24. The second kappa shape index (κ2) is 6.87. The van der Waals surface area contributed by atoms with Crippen LogP contribution < -0.4 is 5.32 Å². The number of ether oxygens (including phenoxy) is 1. The normalized spacial score (nSPS) is 17.9. The molecule has 0 bridgehead atoms. The highest BCUT2D eigenvalue weighted by molar-refractivity contribution is 5.94. The predicted octanol–water partition coefficient (Wildman–Crippen LogP) is 1.69. The summed E-state index contributed by atoms with van der Waals surface area (Å²) in [4.78, 5) is 20.9. The van der Waals surface area contributed by atoms with E-state index >= 15 is 0 Å². The van der Waals surface area contributed by atoms with Crippen LogP contribution in [0.3, 0.4) is 0 Å². The molecule has 2 aromatic rings. The highest BCUT2D eigenvalue weighted by atomic mass is 16.5. The number of hydrogen-bond acceptors (Lipinski definition) is 5. The molecule has 0 aliphatic carbocycles. The van der Waals surface area contributed by atoms with Gasteiger partial charge in [-0.2, -0.15) is 5.10 Å². The van der Waals surface area contributed by atoms with Gasteiger partial charge >= 0.3 is 0 Å². The summed E-state index contributed by atoms with van der Waals surface area (Å²) < 4.78 is 7.30. The summed E-state index contributed by atoms with van der Waals surface area (Å²) in [5, 5.41) is 7.03. The Kier molecular flexibility index (Phi) is 4.66. The van der Waals surface area contributed by atoms with Crippen LogP contribution in [0.5, 0.6) is 0 Å². The summed E-state index contributed by atoms with van der Waals surface area (Å²) in [6.45, 7) is 2.98. The van der Waals surface area contributed by atoms with Crippen molar-refractivity contribution < 1.29 is 9.53 Å². The molecule has 1 aliphatic heterocycles. The van der Waals surface area contributed by atoms with E-state index in [1.54, 1.807) is 30.3 Å². The molecular formula is C16H21N5O2. The monoisotopic (exact) mass is 315 g/mol. The van der Waals surface area contributed by atoms with Crippen molar-refractivity contribution in [2.45, 2.75) is 38.8 Å². The molecule has 2 aromatic heterocycles. The minimum absolute atomic E-state index is 0.00503. The zero-order valence-corrected chi connectivity index (χ0v) is 13.5. The minimum atomic E-state index is -0.143. The van der Waals surface area contributed by atoms with Crippen LogP contribution in [0, 0.1) is 6.92 Å². The molecule has 7 heteroatoms. The van der Waals surface area contributed by atoms with Gasteiger partial charge in [-0.15, -0.1) is 0 Å². The number of carbonyl (C=O) groups is 1. The maximum atomic E-state index is 12.1. The summed E-state index contributed by atoms with van der Waals surface area (Å²) in [7, 11) is 1.80. The van der Waals surface area contributed by atoms with Crippen molar-refractivity contribution in [2.75, 3.05) is 6.61 Å². The summed E-state index contributed by atoms with van der Waals surface area (Å²) in [5.74, 6) is 0.582. The number of nitrogens with one attached hydrogen (secondary N) is 1. The SMILES string of the molecule is Cc1nn(C)cc1C(=O)NCc1cnc(C2CCCCO2)nc1. The number of amides is 1. The van der Waals surface area contributed by atoms with Crippen LogP contribution in [0.25, 0.3) is 0 Å². The second-order valence-corrected chi connectivity index (χ2v) is 5.79. The number of aryl methyl sites for hydroxylation is 2. The van der Waals surface area contributed by atoms with E-state index in [4.69, 9.17) is 4.74 Å². The molecule has 23 heavy (non-hydrogen) atoms. The van der Waals surface area contributed by atoms with Gasteiger partial charge in [0.2, 0.25) is 0 Å². The Balaban J connectivity index is 1.58.